The van der Waals surface area contributed by atoms with E-state index in [2.05, 4.69) is 54.3 Å². The summed E-state index contributed by atoms with van der Waals surface area (Å²) in [7, 11) is 8.20. The first-order valence-electron chi connectivity index (χ1n) is 21.2. The Labute approximate surface area is 453 Å². The van der Waals surface area contributed by atoms with Gasteiger partial charge in [-0.05, 0) is 23.7 Å². The molecule has 398 valence electrons. The second kappa shape index (κ2) is 96.2. The molecule has 0 saturated heterocycles. The quantitative estimate of drug-likeness (QED) is 0.180. The van der Waals surface area contributed by atoms with Gasteiger partial charge in [0.15, 0.2) is 0 Å². The normalized spacial score (nSPS) is 14.1. The first kappa shape index (κ1) is 105. The molecule has 0 aliphatic heterocycles. The van der Waals surface area contributed by atoms with Crippen molar-refractivity contribution < 1.29 is 82.5 Å². The standard InChI is InChI=1S/2C7H14.2C6H12.C5H10.2C4H7N.3C3H5N.5CH3.5Ni/c2*1-2-7-5-3-4-6-7;2*1-6-4-2-3-5-6;1-2-4-5-3-1;2*1-4(2)5-3;3*1-3-4-2;;;;;;;;;;/h2*7H,2-6H2,1H3;2*6H,2-5H2,1H3;1-5H2;2*1H,2-3H3;3*1,3H,2H3;5*1H3;;;;;/q;;;;;5*-2;5*-1;5*+2. The summed E-state index contributed by atoms with van der Waals surface area (Å²) in [5.41, 5.74) is 1.26. The van der Waals surface area contributed by atoms with Gasteiger partial charge in [0, 0.05) is 0 Å². The van der Waals surface area contributed by atoms with E-state index in [0.717, 1.165) is 23.7 Å². The van der Waals surface area contributed by atoms with Gasteiger partial charge in [0.25, 0.3) is 0 Å². The van der Waals surface area contributed by atoms with Crippen LogP contribution < -0.4 is 0 Å². The van der Waals surface area contributed by atoms with E-state index in [-0.39, 0.29) is 120 Å². The molecule has 5 aliphatic rings. The molecule has 0 aromatic heterocycles. The molecule has 5 aliphatic carbocycles. The Morgan fingerprint density at radius 1 is 0.397 bits per heavy atom. The molecule has 5 rings (SSSR count). The van der Waals surface area contributed by atoms with Crippen LogP contribution in [-0.4, -0.2) is 35.2 Å². The predicted octanol–water partition coefficient (Wildman–Crippen LogP) is 19.2. The van der Waals surface area contributed by atoms with Crippen molar-refractivity contribution in [1.82, 2.24) is 0 Å². The second-order valence-electron chi connectivity index (χ2n) is 14.6. The van der Waals surface area contributed by atoms with E-state index in [1.54, 1.807) is 49.1 Å². The van der Waals surface area contributed by atoms with Crippen LogP contribution in [0.15, 0.2) is 30.0 Å². The Morgan fingerprint density at radius 3 is 0.603 bits per heavy atom. The summed E-state index contributed by atoms with van der Waals surface area (Å²) in [4.78, 5) is 0. The SMILES string of the molecule is C1CCCC1.CC1CCCC1.CC1CCCC1.CCC1CCCC1.CCC1CCCC1.[CH-]=C(C)[N-]C.[CH-]=C(C)[N-]C.[CH-]=C[N-]C.[CH-]=C[N-]C.[CH-]=C[N-]C.[CH3-].[CH3-].[CH3-].[CH3-].[CH3-].[Ni+2].[Ni+2].[Ni+2].[Ni+2].[Ni+2]. The van der Waals surface area contributed by atoms with E-state index in [1.807, 2.05) is 0 Å². The number of nitrogens with zero attached hydrogens (tertiary/aromatic N) is 5. The van der Waals surface area contributed by atoms with Gasteiger partial charge in [-0.1, -0.05) is 189 Å². The summed E-state index contributed by atoms with van der Waals surface area (Å²) in [6.45, 7) is 37.1. The first-order valence-corrected chi connectivity index (χ1v) is 21.2. The zero-order valence-electron chi connectivity index (χ0n) is 44.0. The van der Waals surface area contributed by atoms with Crippen LogP contribution in [0.3, 0.4) is 0 Å². The van der Waals surface area contributed by atoms with Gasteiger partial charge in [0.05, 0.1) is 0 Å². The second-order valence-corrected chi connectivity index (χ2v) is 14.6. The Morgan fingerprint density at radius 2 is 0.540 bits per heavy atom. The molecule has 63 heavy (non-hydrogen) atoms. The van der Waals surface area contributed by atoms with Crippen LogP contribution in [-0.2, 0) is 82.5 Å². The van der Waals surface area contributed by atoms with Gasteiger partial charge in [0.2, 0.25) is 0 Å². The Balaban J connectivity index is -0.0000000309. The van der Waals surface area contributed by atoms with Crippen molar-refractivity contribution in [3.8, 4) is 0 Å². The zero-order valence-corrected chi connectivity index (χ0v) is 48.9. The molecule has 0 spiro atoms. The minimum Gasteiger partial charge on any atom is -0.723 e. The molecule has 0 bridgehead atoms. The van der Waals surface area contributed by atoms with Crippen molar-refractivity contribution in [2.75, 3.05) is 35.2 Å². The first-order chi connectivity index (χ1) is 25.4. The Kier molecular flexibility index (Phi) is 161. The zero-order chi connectivity index (χ0) is 41.4. The maximum atomic E-state index is 5.04. The molecule has 0 N–H and O–H groups in total. The molecule has 5 nitrogen and oxygen atoms in total. The van der Waals surface area contributed by atoms with E-state index >= 15 is 0 Å². The van der Waals surface area contributed by atoms with Gasteiger partial charge in [0.1, 0.15) is 0 Å². The number of allylic oxidation sites excluding steroid dienone is 2. The third-order valence-corrected chi connectivity index (χ3v) is 9.79. The van der Waals surface area contributed by atoms with Gasteiger partial charge in [-0.25, -0.2) is 0 Å². The Bertz CT molecular complexity index is 661. The minimum absolute atomic E-state index is 0. The molecule has 0 heterocycles. The number of hydrogen-bond acceptors (Lipinski definition) is 0. The molecule has 10 heteroatoms. The summed E-state index contributed by atoms with van der Waals surface area (Å²) in [6, 6.07) is 0. The molecule has 5 saturated carbocycles. The summed E-state index contributed by atoms with van der Waals surface area (Å²) in [6.07, 6.45) is 38.0. The van der Waals surface area contributed by atoms with Crippen molar-refractivity contribution in [2.24, 2.45) is 23.7 Å². The molecule has 0 aromatic carbocycles. The molecular weight excluding hydrogens is 1000 g/mol. The van der Waals surface area contributed by atoms with Gasteiger partial charge >= 0.3 is 82.5 Å². The average molecular weight is 1110 g/mol. The van der Waals surface area contributed by atoms with Crippen LogP contribution in [0.2, 0.25) is 0 Å². The third-order valence-electron chi connectivity index (χ3n) is 9.79. The average Bonchev–Trinajstić information content (AvgIpc) is 4.04. The topological polar surface area (TPSA) is 70.5 Å². The van der Waals surface area contributed by atoms with Crippen LogP contribution in [0.5, 0.6) is 0 Å². The van der Waals surface area contributed by atoms with Crippen LogP contribution >= 0.6 is 0 Å². The fourth-order valence-corrected chi connectivity index (χ4v) is 5.98. The Hall–Kier alpha value is 0.168. The van der Waals surface area contributed by atoms with Crippen molar-refractivity contribution in [1.29, 1.82) is 0 Å². The van der Waals surface area contributed by atoms with Crippen LogP contribution in [0.4, 0.5) is 0 Å². The van der Waals surface area contributed by atoms with Crippen molar-refractivity contribution in [2.45, 2.75) is 189 Å². The van der Waals surface area contributed by atoms with E-state index in [9.17, 15) is 0 Å². The summed E-state index contributed by atoms with van der Waals surface area (Å²) in [5, 5.41) is 17.3. The maximum absolute atomic E-state index is 5.04. The van der Waals surface area contributed by atoms with Crippen LogP contribution in [0.1, 0.15) is 189 Å². The third kappa shape index (κ3) is 115. The van der Waals surface area contributed by atoms with Crippen molar-refractivity contribution in [3.05, 3.63) is 127 Å². The van der Waals surface area contributed by atoms with E-state index < -0.39 is 0 Å². The van der Waals surface area contributed by atoms with Gasteiger partial charge in [-0.15, -0.1) is 35.2 Å². The number of hydrogen-bond donors (Lipinski definition) is 0. The molecule has 0 amide bonds. The van der Waals surface area contributed by atoms with Gasteiger partial charge < -0.3 is 127 Å². The molecular formula is C53H106N5Ni5-5. The van der Waals surface area contributed by atoms with E-state index in [4.69, 9.17) is 32.9 Å². The van der Waals surface area contributed by atoms with Gasteiger partial charge in [-0.3, -0.25) is 0 Å². The summed E-state index contributed by atoms with van der Waals surface area (Å²) < 4.78 is 0. The molecule has 0 atom stereocenters. The van der Waals surface area contributed by atoms with Crippen molar-refractivity contribution in [3.63, 3.8) is 0 Å². The molecule has 0 radical (unpaired) electrons. The monoisotopic (exact) mass is 1100 g/mol. The fraction of sp³-hybridized carbons (Fsp3) is 0.717. The molecule has 0 unspecified atom stereocenters. The predicted molar refractivity (Wildman–Crippen MR) is 275 cm³/mol. The summed E-state index contributed by atoms with van der Waals surface area (Å²) >= 11 is 0. The van der Waals surface area contributed by atoms with Gasteiger partial charge in [-0.2, -0.15) is 0 Å². The molecule has 5 fully saturated rings. The van der Waals surface area contributed by atoms with Crippen LogP contribution in [0.25, 0.3) is 26.6 Å². The number of rotatable bonds is 7. The minimum atomic E-state index is 0. The smallest absolute Gasteiger partial charge is 0.723 e. The van der Waals surface area contributed by atoms with Crippen molar-refractivity contribution >= 4 is 0 Å². The fourth-order valence-electron chi connectivity index (χ4n) is 5.98. The van der Waals surface area contributed by atoms with E-state index in [1.165, 1.54) is 166 Å². The summed E-state index contributed by atoms with van der Waals surface area (Å²) in [5.74, 6) is 4.29. The molecule has 0 aromatic rings. The maximum Gasteiger partial charge on any atom is 2.00 e. The van der Waals surface area contributed by atoms with Crippen LogP contribution in [0, 0.1) is 93.7 Å². The largest absolute Gasteiger partial charge is 2.00 e. The van der Waals surface area contributed by atoms with E-state index in [0.29, 0.717) is 11.4 Å².